The lowest BCUT2D eigenvalue weighted by Crippen LogP contribution is -2.47. The Labute approximate surface area is 265 Å². The number of amides is 3. The number of carbonyl (C=O) groups excluding carboxylic acids is 4. The number of fused-ring (bicyclic) bond motifs is 3. The van der Waals surface area contributed by atoms with Gasteiger partial charge >= 0.3 is 18.2 Å². The van der Waals surface area contributed by atoms with Gasteiger partial charge in [0.15, 0.2) is 0 Å². The lowest BCUT2D eigenvalue weighted by Gasteiger charge is -2.23. The third kappa shape index (κ3) is 7.49. The average molecular weight is 631 g/mol. The van der Waals surface area contributed by atoms with Crippen molar-refractivity contribution in [1.29, 1.82) is 0 Å². The van der Waals surface area contributed by atoms with Crippen LogP contribution >= 0.6 is 11.8 Å². The van der Waals surface area contributed by atoms with E-state index in [1.807, 2.05) is 72.8 Å². The summed E-state index contributed by atoms with van der Waals surface area (Å²) in [7, 11) is 1.59. The van der Waals surface area contributed by atoms with Gasteiger partial charge in [-0.1, -0.05) is 73.3 Å². The van der Waals surface area contributed by atoms with Gasteiger partial charge < -0.3 is 24.3 Å². The molecule has 11 heteroatoms. The number of hydrogen-bond acceptors (Lipinski definition) is 9. The minimum Gasteiger partial charge on any atom is -0.497 e. The summed E-state index contributed by atoms with van der Waals surface area (Å²) in [6.45, 7) is 3.14. The summed E-state index contributed by atoms with van der Waals surface area (Å²) >= 11 is 1.48. The second-order valence-corrected chi connectivity index (χ2v) is 11.5. The van der Waals surface area contributed by atoms with Gasteiger partial charge in [0, 0.05) is 17.4 Å². The van der Waals surface area contributed by atoms with Crippen molar-refractivity contribution in [2.45, 2.75) is 30.2 Å². The largest absolute Gasteiger partial charge is 0.497 e. The maximum Gasteiger partial charge on any atom is 0.417 e. The molecule has 3 amide bonds. The molecule has 45 heavy (non-hydrogen) atoms. The van der Waals surface area contributed by atoms with E-state index < -0.39 is 42.8 Å². The molecular formula is C34H34N2O8S. The smallest absolute Gasteiger partial charge is 0.417 e. The third-order valence-electron chi connectivity index (χ3n) is 7.65. The molecule has 2 atom stereocenters. The van der Waals surface area contributed by atoms with E-state index in [-0.39, 0.29) is 25.6 Å². The monoisotopic (exact) mass is 630 g/mol. The zero-order valence-electron chi connectivity index (χ0n) is 24.8. The number of methoxy groups -OCH3 is 1. The molecule has 1 aliphatic heterocycles. The molecule has 0 saturated carbocycles. The number of carbonyl (C=O) groups is 4. The van der Waals surface area contributed by atoms with Crippen molar-refractivity contribution in [3.05, 3.63) is 102 Å². The molecule has 1 aliphatic carbocycles. The minimum atomic E-state index is -0.906. The van der Waals surface area contributed by atoms with Crippen molar-refractivity contribution in [3.63, 3.8) is 0 Å². The van der Waals surface area contributed by atoms with Crippen molar-refractivity contribution < 1.29 is 38.1 Å². The molecule has 0 spiro atoms. The number of nitrogens with zero attached hydrogens (tertiary/aromatic N) is 1. The van der Waals surface area contributed by atoms with Crippen molar-refractivity contribution in [1.82, 2.24) is 10.2 Å². The van der Waals surface area contributed by atoms with E-state index in [0.29, 0.717) is 11.5 Å². The summed E-state index contributed by atoms with van der Waals surface area (Å²) in [6.07, 6.45) is -1.36. The molecule has 3 aromatic rings. The number of ether oxygens (including phenoxy) is 4. The van der Waals surface area contributed by atoms with Crippen LogP contribution in [0.1, 0.15) is 29.0 Å². The van der Waals surface area contributed by atoms with Gasteiger partial charge in [0.05, 0.1) is 19.6 Å². The highest BCUT2D eigenvalue weighted by molar-refractivity contribution is 7.98. The molecule has 3 aromatic carbocycles. The zero-order valence-corrected chi connectivity index (χ0v) is 25.6. The molecule has 2 aliphatic rings. The zero-order chi connectivity index (χ0) is 31.8. The number of esters is 1. The molecule has 0 radical (unpaired) electrons. The average Bonchev–Trinajstić information content (AvgIpc) is 3.55. The number of hydrogen-bond donors (Lipinski definition) is 1. The molecule has 1 N–H and O–H groups in total. The first-order valence-corrected chi connectivity index (χ1v) is 15.6. The second kappa shape index (κ2) is 14.8. The van der Waals surface area contributed by atoms with Crippen LogP contribution in [0.3, 0.4) is 0 Å². The number of imide groups is 1. The summed E-state index contributed by atoms with van der Waals surface area (Å²) < 4.78 is 21.3. The fourth-order valence-corrected chi connectivity index (χ4v) is 6.64. The number of thioether (sulfide) groups is 1. The molecule has 234 valence electrons. The van der Waals surface area contributed by atoms with Gasteiger partial charge in [0.25, 0.3) is 5.91 Å². The van der Waals surface area contributed by atoms with E-state index in [4.69, 9.17) is 18.9 Å². The van der Waals surface area contributed by atoms with Crippen LogP contribution < -0.4 is 10.1 Å². The molecular weight excluding hydrogens is 596 g/mol. The van der Waals surface area contributed by atoms with E-state index >= 15 is 0 Å². The van der Waals surface area contributed by atoms with E-state index in [2.05, 4.69) is 11.9 Å². The summed E-state index contributed by atoms with van der Waals surface area (Å²) in [4.78, 5) is 52.1. The van der Waals surface area contributed by atoms with Crippen LogP contribution in [0.4, 0.5) is 9.59 Å². The van der Waals surface area contributed by atoms with Crippen molar-refractivity contribution >= 4 is 35.8 Å². The Morgan fingerprint density at radius 3 is 2.29 bits per heavy atom. The second-order valence-electron chi connectivity index (χ2n) is 10.5. The standard InChI is InChI=1S/C34H34N2O8S/c1-3-16-42-32(38)17-30-29(21-45-20-22-12-14-23(41-2)15-13-22)36(34(40)44-30)31(37)18-35-33(39)43-19-28-26-10-6-4-8-24(26)25-9-5-7-11-27(25)28/h3-15,28-30H,1,16-21H2,2H3,(H,35,39)/t29-,30-/m0/s1. The van der Waals surface area contributed by atoms with Gasteiger partial charge in [-0.2, -0.15) is 11.8 Å². The Bertz CT molecular complexity index is 1510. The Morgan fingerprint density at radius 1 is 0.978 bits per heavy atom. The first kappa shape index (κ1) is 31.6. The van der Waals surface area contributed by atoms with Crippen LogP contribution in [-0.2, 0) is 29.6 Å². The third-order valence-corrected chi connectivity index (χ3v) is 8.77. The maximum atomic E-state index is 13.3. The van der Waals surface area contributed by atoms with Crippen LogP contribution in [0.5, 0.6) is 5.75 Å². The molecule has 1 fully saturated rings. The highest BCUT2D eigenvalue weighted by Crippen LogP contribution is 2.44. The fraction of sp³-hybridized carbons (Fsp3) is 0.294. The molecule has 5 rings (SSSR count). The number of cyclic esters (lactones) is 1. The summed E-state index contributed by atoms with van der Waals surface area (Å²) in [5.74, 6) is 0.226. The first-order chi connectivity index (χ1) is 21.9. The van der Waals surface area contributed by atoms with Crippen LogP contribution in [0, 0.1) is 0 Å². The van der Waals surface area contributed by atoms with Gasteiger partial charge in [0.1, 0.15) is 31.6 Å². The van der Waals surface area contributed by atoms with Crippen LogP contribution in [0.2, 0.25) is 0 Å². The highest BCUT2D eigenvalue weighted by Gasteiger charge is 2.46. The Morgan fingerprint density at radius 2 is 1.64 bits per heavy atom. The lowest BCUT2D eigenvalue weighted by atomic mass is 9.98. The number of benzene rings is 3. The van der Waals surface area contributed by atoms with Gasteiger partial charge in [-0.25, -0.2) is 14.5 Å². The van der Waals surface area contributed by atoms with Crippen LogP contribution in [0.15, 0.2) is 85.5 Å². The van der Waals surface area contributed by atoms with Crippen molar-refractivity contribution in [2.24, 2.45) is 0 Å². The molecule has 10 nitrogen and oxygen atoms in total. The molecule has 0 bridgehead atoms. The topological polar surface area (TPSA) is 120 Å². The number of rotatable bonds is 13. The first-order valence-electron chi connectivity index (χ1n) is 14.5. The molecule has 0 aromatic heterocycles. The number of alkyl carbamates (subject to hydrolysis) is 1. The van der Waals surface area contributed by atoms with Crippen molar-refractivity contribution in [2.75, 3.05) is 32.6 Å². The van der Waals surface area contributed by atoms with E-state index in [9.17, 15) is 19.2 Å². The minimum absolute atomic E-state index is 0.0170. The lowest BCUT2D eigenvalue weighted by molar-refractivity contribution is -0.144. The molecule has 0 unspecified atom stereocenters. The summed E-state index contributed by atoms with van der Waals surface area (Å²) in [6, 6.07) is 22.7. The van der Waals surface area contributed by atoms with E-state index in [0.717, 1.165) is 38.5 Å². The summed E-state index contributed by atoms with van der Waals surface area (Å²) in [5.41, 5.74) is 5.35. The van der Waals surface area contributed by atoms with Crippen LogP contribution in [-0.4, -0.2) is 73.7 Å². The predicted molar refractivity (Wildman–Crippen MR) is 169 cm³/mol. The van der Waals surface area contributed by atoms with Gasteiger partial charge in [-0.15, -0.1) is 0 Å². The normalized spacial score (nSPS) is 16.7. The fourth-order valence-electron chi connectivity index (χ4n) is 5.49. The quantitative estimate of drug-likeness (QED) is 0.152. The van der Waals surface area contributed by atoms with Crippen molar-refractivity contribution in [3.8, 4) is 16.9 Å². The SMILES string of the molecule is C=CCOC(=O)C[C@@H]1OC(=O)N(C(=O)CNC(=O)OCC2c3ccccc3-c3ccccc32)[C@H]1CSCc1ccc(OC)cc1. The van der Waals surface area contributed by atoms with E-state index in [1.54, 1.807) is 7.11 Å². The Kier molecular flexibility index (Phi) is 10.4. The molecule has 1 heterocycles. The molecule has 1 saturated heterocycles. The number of nitrogens with one attached hydrogen (secondary N) is 1. The van der Waals surface area contributed by atoms with E-state index in [1.165, 1.54) is 17.8 Å². The summed E-state index contributed by atoms with van der Waals surface area (Å²) in [5, 5.41) is 2.47. The van der Waals surface area contributed by atoms with Gasteiger partial charge in [-0.05, 0) is 39.9 Å². The Hall–Kier alpha value is -4.77. The van der Waals surface area contributed by atoms with Gasteiger partial charge in [0.2, 0.25) is 0 Å². The predicted octanol–water partition coefficient (Wildman–Crippen LogP) is 5.30. The van der Waals surface area contributed by atoms with Gasteiger partial charge in [-0.3, -0.25) is 9.59 Å². The highest BCUT2D eigenvalue weighted by atomic mass is 32.2. The van der Waals surface area contributed by atoms with Crippen LogP contribution in [0.25, 0.3) is 11.1 Å². The Balaban J connectivity index is 1.19. The maximum absolute atomic E-state index is 13.3.